The van der Waals surface area contributed by atoms with Gasteiger partial charge in [0.15, 0.2) is 0 Å². The lowest BCUT2D eigenvalue weighted by atomic mass is 10.2. The highest BCUT2D eigenvalue weighted by Crippen LogP contribution is 2.20. The molecule has 26 heavy (non-hydrogen) atoms. The summed E-state index contributed by atoms with van der Waals surface area (Å²) < 4.78 is 0. The van der Waals surface area contributed by atoms with E-state index in [9.17, 15) is 4.79 Å². The van der Waals surface area contributed by atoms with E-state index >= 15 is 0 Å². The van der Waals surface area contributed by atoms with Gasteiger partial charge in [-0.15, -0.1) is 0 Å². The lowest BCUT2D eigenvalue weighted by molar-refractivity contribution is 0.0945. The summed E-state index contributed by atoms with van der Waals surface area (Å²) in [4.78, 5) is 22.7. The van der Waals surface area contributed by atoms with Gasteiger partial charge in [0.25, 0.3) is 5.91 Å². The van der Waals surface area contributed by atoms with Crippen LogP contribution >= 0.6 is 0 Å². The molecule has 0 bridgehead atoms. The third-order valence-electron chi connectivity index (χ3n) is 3.82. The van der Waals surface area contributed by atoms with Crippen LogP contribution in [0.25, 0.3) is 0 Å². The van der Waals surface area contributed by atoms with Crippen LogP contribution in [-0.2, 0) is 6.54 Å². The molecule has 0 saturated heterocycles. The third-order valence-corrected chi connectivity index (χ3v) is 3.82. The smallest absolute Gasteiger partial charge is 0.270 e. The highest BCUT2D eigenvalue weighted by atomic mass is 16.1. The van der Waals surface area contributed by atoms with Gasteiger partial charge in [-0.1, -0.05) is 6.07 Å². The van der Waals surface area contributed by atoms with Crippen LogP contribution in [0.1, 0.15) is 16.2 Å². The predicted octanol–water partition coefficient (Wildman–Crippen LogP) is 3.22. The van der Waals surface area contributed by atoms with Crippen molar-refractivity contribution in [1.29, 1.82) is 0 Å². The fourth-order valence-electron chi connectivity index (χ4n) is 2.41. The number of nitrogens with zero attached hydrogens (tertiary/aromatic N) is 3. The van der Waals surface area contributed by atoms with Crippen LogP contribution in [-0.4, -0.2) is 30.0 Å². The van der Waals surface area contributed by atoms with Gasteiger partial charge in [-0.2, -0.15) is 0 Å². The van der Waals surface area contributed by atoms with Crippen molar-refractivity contribution in [3.8, 4) is 0 Å². The Morgan fingerprint density at radius 1 is 0.962 bits per heavy atom. The number of hydrogen-bond acceptors (Lipinski definition) is 5. The van der Waals surface area contributed by atoms with Crippen molar-refractivity contribution < 1.29 is 4.79 Å². The summed E-state index contributed by atoms with van der Waals surface area (Å²) in [6.07, 6.45) is 3.32. The first-order valence-electron chi connectivity index (χ1n) is 8.30. The van der Waals surface area contributed by atoms with Gasteiger partial charge in [-0.3, -0.25) is 14.8 Å². The van der Waals surface area contributed by atoms with Gasteiger partial charge in [0.2, 0.25) is 0 Å². The summed E-state index contributed by atoms with van der Waals surface area (Å²) in [5.41, 5.74) is 4.04. The van der Waals surface area contributed by atoms with Crippen LogP contribution in [0, 0.1) is 0 Å². The molecule has 0 unspecified atom stereocenters. The Labute approximate surface area is 152 Å². The van der Waals surface area contributed by atoms with Gasteiger partial charge in [0, 0.05) is 43.6 Å². The quantitative estimate of drug-likeness (QED) is 0.716. The van der Waals surface area contributed by atoms with Gasteiger partial charge in [0.05, 0.1) is 12.2 Å². The number of nitrogens with one attached hydrogen (secondary N) is 2. The molecule has 0 aliphatic heterocycles. The molecule has 0 radical (unpaired) electrons. The maximum absolute atomic E-state index is 12.3. The number of rotatable bonds is 6. The molecule has 2 N–H and O–H groups in total. The molecule has 0 aliphatic rings. The van der Waals surface area contributed by atoms with E-state index in [2.05, 4.69) is 20.6 Å². The van der Waals surface area contributed by atoms with Crippen LogP contribution in [0.4, 0.5) is 17.1 Å². The van der Waals surface area contributed by atoms with Gasteiger partial charge < -0.3 is 15.5 Å². The van der Waals surface area contributed by atoms with Gasteiger partial charge in [-0.05, 0) is 48.5 Å². The number of carbonyl (C=O) groups is 1. The van der Waals surface area contributed by atoms with Crippen molar-refractivity contribution in [3.05, 3.63) is 78.4 Å². The number of pyridine rings is 2. The van der Waals surface area contributed by atoms with Crippen molar-refractivity contribution in [2.75, 3.05) is 24.3 Å². The van der Waals surface area contributed by atoms with Crippen molar-refractivity contribution in [2.24, 2.45) is 0 Å². The minimum Gasteiger partial charge on any atom is -0.378 e. The van der Waals surface area contributed by atoms with E-state index in [-0.39, 0.29) is 5.91 Å². The molecule has 0 saturated carbocycles. The molecule has 6 nitrogen and oxygen atoms in total. The lowest BCUT2D eigenvalue weighted by Gasteiger charge is -2.13. The van der Waals surface area contributed by atoms with E-state index in [0.29, 0.717) is 12.2 Å². The minimum atomic E-state index is -0.234. The van der Waals surface area contributed by atoms with Crippen LogP contribution in [0.3, 0.4) is 0 Å². The van der Waals surface area contributed by atoms with E-state index in [0.717, 1.165) is 22.8 Å². The van der Waals surface area contributed by atoms with E-state index in [1.165, 1.54) is 0 Å². The molecular weight excluding hydrogens is 326 g/mol. The van der Waals surface area contributed by atoms with Crippen LogP contribution in [0.15, 0.2) is 67.0 Å². The zero-order valence-corrected chi connectivity index (χ0v) is 14.8. The Hall–Kier alpha value is -3.41. The van der Waals surface area contributed by atoms with Crippen molar-refractivity contribution in [3.63, 3.8) is 0 Å². The van der Waals surface area contributed by atoms with Crippen LogP contribution in [0.2, 0.25) is 0 Å². The minimum absolute atomic E-state index is 0.234. The second-order valence-electron chi connectivity index (χ2n) is 6.00. The second kappa shape index (κ2) is 8.11. The normalized spacial score (nSPS) is 10.2. The number of anilines is 3. The molecule has 0 atom stereocenters. The predicted molar refractivity (Wildman–Crippen MR) is 104 cm³/mol. The Bertz CT molecular complexity index is 863. The number of hydrogen-bond donors (Lipinski definition) is 2. The van der Waals surface area contributed by atoms with Crippen molar-refractivity contribution in [1.82, 2.24) is 15.3 Å². The molecule has 0 aliphatic carbocycles. The highest BCUT2D eigenvalue weighted by molar-refractivity contribution is 5.93. The summed E-state index contributed by atoms with van der Waals surface area (Å²) in [6.45, 7) is 0.366. The maximum Gasteiger partial charge on any atom is 0.270 e. The van der Waals surface area contributed by atoms with Gasteiger partial charge >= 0.3 is 0 Å². The van der Waals surface area contributed by atoms with E-state index in [1.54, 1.807) is 18.5 Å². The molecule has 132 valence electrons. The first-order valence-corrected chi connectivity index (χ1v) is 8.30. The highest BCUT2D eigenvalue weighted by Gasteiger charge is 2.08. The molecule has 1 amide bonds. The summed E-state index contributed by atoms with van der Waals surface area (Å²) >= 11 is 0. The molecule has 6 heteroatoms. The Morgan fingerprint density at radius 3 is 2.46 bits per heavy atom. The van der Waals surface area contributed by atoms with E-state index in [4.69, 9.17) is 0 Å². The topological polar surface area (TPSA) is 70.2 Å². The lowest BCUT2D eigenvalue weighted by Crippen LogP contribution is -2.24. The molecule has 2 heterocycles. The second-order valence-corrected chi connectivity index (χ2v) is 6.00. The zero-order chi connectivity index (χ0) is 18.4. The van der Waals surface area contributed by atoms with Gasteiger partial charge in [0.1, 0.15) is 5.69 Å². The van der Waals surface area contributed by atoms with Crippen molar-refractivity contribution in [2.45, 2.75) is 6.54 Å². The first kappa shape index (κ1) is 17.4. The maximum atomic E-state index is 12.3. The molecule has 0 spiro atoms. The molecule has 3 aromatic rings. The molecule has 0 fully saturated rings. The summed E-state index contributed by atoms with van der Waals surface area (Å²) in [6, 6.07) is 17.2. The largest absolute Gasteiger partial charge is 0.378 e. The number of aromatic nitrogens is 2. The zero-order valence-electron chi connectivity index (χ0n) is 14.8. The molecule has 2 aromatic heterocycles. The summed E-state index contributed by atoms with van der Waals surface area (Å²) in [5, 5.41) is 6.12. The van der Waals surface area contributed by atoms with E-state index < -0.39 is 0 Å². The number of carbonyl (C=O) groups excluding carboxylic acids is 1. The Morgan fingerprint density at radius 2 is 1.77 bits per heavy atom. The van der Waals surface area contributed by atoms with Crippen LogP contribution in [0.5, 0.6) is 0 Å². The van der Waals surface area contributed by atoms with Crippen LogP contribution < -0.4 is 15.5 Å². The first-order chi connectivity index (χ1) is 12.6. The molecular formula is C20H21N5O. The van der Waals surface area contributed by atoms with E-state index in [1.807, 2.05) is 67.5 Å². The fourth-order valence-corrected chi connectivity index (χ4v) is 2.41. The van der Waals surface area contributed by atoms with Crippen molar-refractivity contribution >= 4 is 23.0 Å². The fraction of sp³-hybridized carbons (Fsp3) is 0.150. The number of amides is 1. The Balaban J connectivity index is 1.64. The number of benzene rings is 1. The molecule has 1 aromatic carbocycles. The summed E-state index contributed by atoms with van der Waals surface area (Å²) in [7, 11) is 4.00. The van der Waals surface area contributed by atoms with Gasteiger partial charge in [-0.25, -0.2) is 0 Å². The standard InChI is InChI=1S/C20H21N5O/c1-25(2)18-8-6-15(7-9-18)24-16-10-12-22-19(13-16)20(26)23-14-17-5-3-4-11-21-17/h3-13H,14H2,1-2H3,(H,22,24)(H,23,26). The average molecular weight is 347 g/mol. The summed E-state index contributed by atoms with van der Waals surface area (Å²) in [5.74, 6) is -0.234. The molecule has 3 rings (SSSR count). The monoisotopic (exact) mass is 347 g/mol. The third kappa shape index (κ3) is 4.57. The average Bonchev–Trinajstić information content (AvgIpc) is 2.67. The Kier molecular flexibility index (Phi) is 5.43. The SMILES string of the molecule is CN(C)c1ccc(Nc2ccnc(C(=O)NCc3ccccn3)c2)cc1.